The van der Waals surface area contributed by atoms with Crippen LogP contribution in [-0.2, 0) is 28.4 Å². The maximum atomic E-state index is 11.4. The molecule has 0 heterocycles. The van der Waals surface area contributed by atoms with Crippen molar-refractivity contribution in [1.29, 1.82) is 0 Å². The van der Waals surface area contributed by atoms with Crippen molar-refractivity contribution in [3.05, 3.63) is 23.2 Å². The fourth-order valence-corrected chi connectivity index (χ4v) is 2.75. The van der Waals surface area contributed by atoms with Crippen LogP contribution in [0.5, 0.6) is 0 Å². The molecule has 0 aliphatic heterocycles. The number of halogens is 1. The maximum Gasteiger partial charge on any atom is 0.407 e. The van der Waals surface area contributed by atoms with E-state index in [1.54, 1.807) is 6.07 Å². The zero-order valence-corrected chi connectivity index (χ0v) is 21.3. The first kappa shape index (κ1) is 30.2. The first-order valence-corrected chi connectivity index (χ1v) is 11.8. The molecule has 0 spiro atoms. The fourth-order valence-electron chi connectivity index (χ4n) is 2.50. The number of amides is 1. The second-order valence-corrected chi connectivity index (χ2v) is 8.63. The van der Waals surface area contributed by atoms with E-state index in [4.69, 9.17) is 45.8 Å². The number of ether oxygens (including phenoxy) is 6. The first-order valence-electron chi connectivity index (χ1n) is 11.4. The first-order chi connectivity index (χ1) is 16.3. The highest BCUT2D eigenvalue weighted by molar-refractivity contribution is 6.31. The minimum atomic E-state index is -0.505. The molecule has 0 fully saturated rings. The van der Waals surface area contributed by atoms with Crippen molar-refractivity contribution < 1.29 is 33.2 Å². The predicted molar refractivity (Wildman–Crippen MR) is 133 cm³/mol. The highest BCUT2D eigenvalue weighted by atomic mass is 35.5. The summed E-state index contributed by atoms with van der Waals surface area (Å²) in [6.45, 7) is 11.3. The number of nitrogens with one attached hydrogen (secondary N) is 2. The van der Waals surface area contributed by atoms with Crippen LogP contribution in [0.2, 0.25) is 5.02 Å². The van der Waals surface area contributed by atoms with E-state index < -0.39 is 11.7 Å². The number of anilines is 2. The zero-order valence-electron chi connectivity index (χ0n) is 20.5. The SMILES string of the molecule is CC(C)(C)OC(=O)NCCOCCOCCOCCOCCOCCNc1cc(N)cc(Cl)c1. The standard InChI is InChI=1S/C23H40ClN3O7/c1-23(2,3)34-22(28)27-5-7-30-9-11-32-13-15-33-14-12-31-10-8-29-6-4-26-21-17-19(24)16-20(25)18-21/h16-18,26H,4-15,25H2,1-3H3,(H,27,28). The normalized spacial score (nSPS) is 11.4. The van der Waals surface area contributed by atoms with E-state index in [0.717, 1.165) is 5.69 Å². The molecule has 10 nitrogen and oxygen atoms in total. The van der Waals surface area contributed by atoms with E-state index in [9.17, 15) is 4.79 Å². The number of benzene rings is 1. The lowest BCUT2D eigenvalue weighted by Gasteiger charge is -2.19. The maximum absolute atomic E-state index is 11.4. The van der Waals surface area contributed by atoms with E-state index in [2.05, 4.69) is 10.6 Å². The molecule has 11 heteroatoms. The largest absolute Gasteiger partial charge is 0.444 e. The Kier molecular flexibility index (Phi) is 16.4. The van der Waals surface area contributed by atoms with Crippen LogP contribution in [0, 0.1) is 0 Å². The van der Waals surface area contributed by atoms with Gasteiger partial charge in [-0.1, -0.05) is 11.6 Å². The summed E-state index contributed by atoms with van der Waals surface area (Å²) in [5, 5.41) is 6.42. The minimum Gasteiger partial charge on any atom is -0.444 e. The number of rotatable bonds is 19. The number of nitrogen functional groups attached to an aromatic ring is 1. The molecule has 0 aliphatic rings. The lowest BCUT2D eigenvalue weighted by Crippen LogP contribution is -2.34. The number of alkyl carbamates (subject to hydrolysis) is 1. The third kappa shape index (κ3) is 18.6. The lowest BCUT2D eigenvalue weighted by molar-refractivity contribution is -0.0103. The van der Waals surface area contributed by atoms with E-state index >= 15 is 0 Å². The predicted octanol–water partition coefficient (Wildman–Crippen LogP) is 2.94. The summed E-state index contributed by atoms with van der Waals surface area (Å²) in [6, 6.07) is 5.34. The van der Waals surface area contributed by atoms with Crippen LogP contribution in [0.1, 0.15) is 20.8 Å². The van der Waals surface area contributed by atoms with Gasteiger partial charge in [0.2, 0.25) is 0 Å². The molecule has 1 rings (SSSR count). The Morgan fingerprint density at radius 3 is 1.74 bits per heavy atom. The molecule has 0 bridgehead atoms. The quantitative estimate of drug-likeness (QED) is 0.192. The molecule has 1 amide bonds. The third-order valence-corrected chi connectivity index (χ3v) is 4.12. The van der Waals surface area contributed by atoms with Gasteiger partial charge in [-0.15, -0.1) is 0 Å². The summed E-state index contributed by atoms with van der Waals surface area (Å²) < 4.78 is 32.3. The van der Waals surface area contributed by atoms with Gasteiger partial charge in [0.25, 0.3) is 0 Å². The van der Waals surface area contributed by atoms with Gasteiger partial charge in [-0.05, 0) is 39.0 Å². The summed E-state index contributed by atoms with van der Waals surface area (Å²) in [7, 11) is 0. The summed E-state index contributed by atoms with van der Waals surface area (Å²) in [6.07, 6.45) is -0.449. The van der Waals surface area contributed by atoms with Gasteiger partial charge in [0.1, 0.15) is 5.60 Å². The number of hydrogen-bond acceptors (Lipinski definition) is 9. The fraction of sp³-hybridized carbons (Fsp3) is 0.696. The monoisotopic (exact) mass is 505 g/mol. The number of carbonyl (C=O) groups excluding carboxylic acids is 1. The molecule has 1 aromatic rings. The lowest BCUT2D eigenvalue weighted by atomic mass is 10.2. The number of nitrogens with two attached hydrogens (primary N) is 1. The molecular weight excluding hydrogens is 466 g/mol. The van der Waals surface area contributed by atoms with Crippen molar-refractivity contribution in [2.45, 2.75) is 26.4 Å². The van der Waals surface area contributed by atoms with Gasteiger partial charge in [0.05, 0.1) is 66.1 Å². The molecule has 0 saturated carbocycles. The van der Waals surface area contributed by atoms with Crippen molar-refractivity contribution in [2.75, 3.05) is 90.2 Å². The van der Waals surface area contributed by atoms with Gasteiger partial charge < -0.3 is 44.8 Å². The van der Waals surface area contributed by atoms with Gasteiger partial charge in [0.15, 0.2) is 0 Å². The summed E-state index contributed by atoms with van der Waals surface area (Å²) >= 11 is 5.95. The van der Waals surface area contributed by atoms with Gasteiger partial charge in [-0.3, -0.25) is 0 Å². The Hall–Kier alpha value is -1.82. The molecular formula is C23H40ClN3O7. The summed E-state index contributed by atoms with van der Waals surface area (Å²) in [4.78, 5) is 11.4. The number of carbonyl (C=O) groups is 1. The molecule has 34 heavy (non-hydrogen) atoms. The van der Waals surface area contributed by atoms with Crippen molar-refractivity contribution in [3.63, 3.8) is 0 Å². The molecule has 1 aromatic carbocycles. The van der Waals surface area contributed by atoms with Crippen LogP contribution in [0.25, 0.3) is 0 Å². The molecule has 0 unspecified atom stereocenters. The second kappa shape index (κ2) is 18.5. The number of hydrogen-bond donors (Lipinski definition) is 3. The third-order valence-electron chi connectivity index (χ3n) is 3.90. The van der Waals surface area contributed by atoms with Crippen LogP contribution in [0.3, 0.4) is 0 Å². The Bertz CT molecular complexity index is 654. The van der Waals surface area contributed by atoms with Gasteiger partial charge in [-0.25, -0.2) is 4.79 Å². The molecule has 0 aromatic heterocycles. The van der Waals surface area contributed by atoms with Crippen molar-refractivity contribution in [2.24, 2.45) is 0 Å². The average molecular weight is 506 g/mol. The summed E-state index contributed by atoms with van der Waals surface area (Å²) in [5.41, 5.74) is 6.72. The molecule has 0 aliphatic carbocycles. The van der Waals surface area contributed by atoms with Crippen LogP contribution >= 0.6 is 11.6 Å². The van der Waals surface area contributed by atoms with Crippen molar-refractivity contribution in [3.8, 4) is 0 Å². The average Bonchev–Trinajstić information content (AvgIpc) is 2.73. The topological polar surface area (TPSA) is 123 Å². The molecule has 0 saturated heterocycles. The Labute approximate surface area is 207 Å². The molecule has 0 atom stereocenters. The summed E-state index contributed by atoms with van der Waals surface area (Å²) in [5.74, 6) is 0. The van der Waals surface area contributed by atoms with Crippen LogP contribution in [0.15, 0.2) is 18.2 Å². The zero-order chi connectivity index (χ0) is 25.1. The van der Waals surface area contributed by atoms with E-state index in [1.807, 2.05) is 32.9 Å². The van der Waals surface area contributed by atoms with Crippen LogP contribution < -0.4 is 16.4 Å². The van der Waals surface area contributed by atoms with E-state index in [1.165, 1.54) is 0 Å². The Morgan fingerprint density at radius 2 is 1.26 bits per heavy atom. The van der Waals surface area contributed by atoms with E-state index in [-0.39, 0.29) is 0 Å². The minimum absolute atomic E-state index is 0.387. The van der Waals surface area contributed by atoms with Gasteiger partial charge in [-0.2, -0.15) is 0 Å². The highest BCUT2D eigenvalue weighted by Crippen LogP contribution is 2.20. The highest BCUT2D eigenvalue weighted by Gasteiger charge is 2.15. The van der Waals surface area contributed by atoms with Crippen LogP contribution in [0.4, 0.5) is 16.2 Å². The van der Waals surface area contributed by atoms with Gasteiger partial charge >= 0.3 is 6.09 Å². The second-order valence-electron chi connectivity index (χ2n) is 8.19. The Balaban J connectivity index is 1.76. The Morgan fingerprint density at radius 1 is 0.794 bits per heavy atom. The van der Waals surface area contributed by atoms with E-state index in [0.29, 0.717) is 89.9 Å². The van der Waals surface area contributed by atoms with Gasteiger partial charge in [0, 0.05) is 29.5 Å². The molecule has 196 valence electrons. The molecule has 0 radical (unpaired) electrons. The molecule has 4 N–H and O–H groups in total. The smallest absolute Gasteiger partial charge is 0.407 e. The van der Waals surface area contributed by atoms with Crippen molar-refractivity contribution in [1.82, 2.24) is 5.32 Å². The van der Waals surface area contributed by atoms with Crippen LogP contribution in [-0.4, -0.2) is 90.9 Å². The van der Waals surface area contributed by atoms with Crippen molar-refractivity contribution >= 4 is 29.1 Å².